The SMILES string of the molecule is Cc1nn(CCn2cc(C(=O)NN)nn2)c(C)c1Br. The van der Waals surface area contributed by atoms with Crippen LogP contribution in [0.1, 0.15) is 21.9 Å². The maximum atomic E-state index is 11.2. The van der Waals surface area contributed by atoms with Gasteiger partial charge in [0.15, 0.2) is 5.69 Å². The fourth-order valence-corrected chi connectivity index (χ4v) is 1.96. The number of aryl methyl sites for hydroxylation is 3. The Balaban J connectivity index is 2.04. The van der Waals surface area contributed by atoms with Gasteiger partial charge in [0.2, 0.25) is 0 Å². The van der Waals surface area contributed by atoms with Crippen molar-refractivity contribution in [1.29, 1.82) is 0 Å². The third-order valence-electron chi connectivity index (χ3n) is 2.74. The van der Waals surface area contributed by atoms with E-state index >= 15 is 0 Å². The van der Waals surface area contributed by atoms with Gasteiger partial charge in [-0.25, -0.2) is 10.5 Å². The van der Waals surface area contributed by atoms with Crippen molar-refractivity contribution >= 4 is 21.8 Å². The number of hydrogen-bond donors (Lipinski definition) is 2. The van der Waals surface area contributed by atoms with Crippen LogP contribution in [0, 0.1) is 13.8 Å². The summed E-state index contributed by atoms with van der Waals surface area (Å²) < 4.78 is 4.47. The molecule has 0 spiro atoms. The molecule has 1 amide bonds. The zero-order chi connectivity index (χ0) is 14.0. The molecule has 2 aromatic rings. The summed E-state index contributed by atoms with van der Waals surface area (Å²) >= 11 is 3.47. The molecular weight excluding hydrogens is 314 g/mol. The van der Waals surface area contributed by atoms with E-state index in [0.717, 1.165) is 15.9 Å². The van der Waals surface area contributed by atoms with E-state index in [4.69, 9.17) is 5.84 Å². The van der Waals surface area contributed by atoms with Gasteiger partial charge in [-0.05, 0) is 29.8 Å². The molecule has 0 aliphatic carbocycles. The Labute approximate surface area is 118 Å². The minimum atomic E-state index is -0.458. The number of nitrogens with zero attached hydrogens (tertiary/aromatic N) is 5. The second-order valence-electron chi connectivity index (χ2n) is 4.05. The maximum absolute atomic E-state index is 11.2. The first-order valence-corrected chi connectivity index (χ1v) is 6.42. The van der Waals surface area contributed by atoms with Crippen LogP contribution in [0.5, 0.6) is 0 Å². The molecular formula is C10H14BrN7O. The second-order valence-corrected chi connectivity index (χ2v) is 4.84. The van der Waals surface area contributed by atoms with E-state index in [1.807, 2.05) is 24.0 Å². The molecule has 0 aliphatic rings. The highest BCUT2D eigenvalue weighted by molar-refractivity contribution is 9.10. The van der Waals surface area contributed by atoms with E-state index in [-0.39, 0.29) is 5.69 Å². The Bertz CT molecular complexity index is 603. The van der Waals surface area contributed by atoms with E-state index in [1.54, 1.807) is 10.9 Å². The van der Waals surface area contributed by atoms with Crippen molar-refractivity contribution in [3.8, 4) is 0 Å². The number of hydrogen-bond acceptors (Lipinski definition) is 5. The van der Waals surface area contributed by atoms with E-state index < -0.39 is 5.91 Å². The number of aromatic nitrogens is 5. The Morgan fingerprint density at radius 2 is 2.21 bits per heavy atom. The summed E-state index contributed by atoms with van der Waals surface area (Å²) in [6, 6.07) is 0. The number of carbonyl (C=O) groups excluding carboxylic acids is 1. The third-order valence-corrected chi connectivity index (χ3v) is 3.88. The van der Waals surface area contributed by atoms with E-state index in [9.17, 15) is 4.79 Å². The molecule has 0 bridgehead atoms. The maximum Gasteiger partial charge on any atom is 0.287 e. The van der Waals surface area contributed by atoms with Crippen LogP contribution in [0.3, 0.4) is 0 Å². The van der Waals surface area contributed by atoms with Gasteiger partial charge in [0.1, 0.15) is 0 Å². The lowest BCUT2D eigenvalue weighted by atomic mass is 10.4. The first-order valence-electron chi connectivity index (χ1n) is 5.63. The molecule has 0 radical (unpaired) electrons. The van der Waals surface area contributed by atoms with Gasteiger partial charge in [0.05, 0.1) is 29.5 Å². The van der Waals surface area contributed by atoms with Gasteiger partial charge in [0, 0.05) is 5.69 Å². The molecule has 8 nitrogen and oxygen atoms in total. The average Bonchev–Trinajstić information content (AvgIpc) is 2.97. The fourth-order valence-electron chi connectivity index (χ4n) is 1.68. The van der Waals surface area contributed by atoms with Gasteiger partial charge in [-0.3, -0.25) is 14.9 Å². The van der Waals surface area contributed by atoms with Crippen LogP contribution in [0.25, 0.3) is 0 Å². The second kappa shape index (κ2) is 5.49. The Morgan fingerprint density at radius 3 is 2.79 bits per heavy atom. The number of amides is 1. The van der Waals surface area contributed by atoms with E-state index in [1.165, 1.54) is 0 Å². The fraction of sp³-hybridized carbons (Fsp3) is 0.400. The highest BCUT2D eigenvalue weighted by Gasteiger charge is 2.11. The highest BCUT2D eigenvalue weighted by atomic mass is 79.9. The van der Waals surface area contributed by atoms with Gasteiger partial charge < -0.3 is 0 Å². The third kappa shape index (κ3) is 2.82. The zero-order valence-corrected chi connectivity index (χ0v) is 12.2. The van der Waals surface area contributed by atoms with Gasteiger partial charge >= 0.3 is 0 Å². The van der Waals surface area contributed by atoms with Crippen molar-refractivity contribution in [3.63, 3.8) is 0 Å². The minimum absolute atomic E-state index is 0.192. The van der Waals surface area contributed by atoms with Crippen molar-refractivity contribution in [1.82, 2.24) is 30.2 Å². The Morgan fingerprint density at radius 1 is 1.47 bits per heavy atom. The predicted octanol–water partition coefficient (Wildman–Crippen LogP) is 0.158. The molecule has 3 N–H and O–H groups in total. The number of nitrogens with one attached hydrogen (secondary N) is 1. The molecule has 19 heavy (non-hydrogen) atoms. The number of nitrogens with two attached hydrogens (primary N) is 1. The summed E-state index contributed by atoms with van der Waals surface area (Å²) in [6.07, 6.45) is 1.54. The summed E-state index contributed by atoms with van der Waals surface area (Å²) in [6.45, 7) is 5.13. The van der Waals surface area contributed by atoms with E-state index in [2.05, 4.69) is 31.3 Å². The molecule has 9 heteroatoms. The first kappa shape index (κ1) is 13.7. The lowest BCUT2D eigenvalue weighted by Crippen LogP contribution is -2.30. The minimum Gasteiger partial charge on any atom is -0.289 e. The van der Waals surface area contributed by atoms with Crippen LogP contribution in [-0.4, -0.2) is 30.7 Å². The van der Waals surface area contributed by atoms with Crippen LogP contribution in [0.2, 0.25) is 0 Å². The number of halogens is 1. The number of carbonyl (C=O) groups is 1. The smallest absolute Gasteiger partial charge is 0.287 e. The summed E-state index contributed by atoms with van der Waals surface area (Å²) in [7, 11) is 0. The zero-order valence-electron chi connectivity index (χ0n) is 10.6. The molecule has 0 unspecified atom stereocenters. The van der Waals surface area contributed by atoms with Gasteiger partial charge in [-0.15, -0.1) is 5.10 Å². The molecule has 2 rings (SSSR count). The Kier molecular flexibility index (Phi) is 3.96. The van der Waals surface area contributed by atoms with Crippen LogP contribution in [0.15, 0.2) is 10.7 Å². The molecule has 0 atom stereocenters. The number of hydrazine groups is 1. The molecule has 0 aromatic carbocycles. The van der Waals surface area contributed by atoms with Gasteiger partial charge in [-0.1, -0.05) is 5.21 Å². The largest absolute Gasteiger partial charge is 0.289 e. The molecule has 0 aliphatic heterocycles. The number of rotatable bonds is 4. The molecule has 0 saturated carbocycles. The van der Waals surface area contributed by atoms with Crippen molar-refractivity contribution in [3.05, 3.63) is 27.8 Å². The van der Waals surface area contributed by atoms with Crippen LogP contribution in [0.4, 0.5) is 0 Å². The number of nitrogen functional groups attached to an aromatic ring is 1. The topological polar surface area (TPSA) is 104 Å². The summed E-state index contributed by atoms with van der Waals surface area (Å²) in [5, 5.41) is 12.0. The highest BCUT2D eigenvalue weighted by Crippen LogP contribution is 2.19. The van der Waals surface area contributed by atoms with Crippen LogP contribution >= 0.6 is 15.9 Å². The standard InChI is InChI=1S/C10H14BrN7O/c1-6-9(11)7(2)18(15-6)4-3-17-5-8(14-16-17)10(19)13-12/h5H,3-4,12H2,1-2H3,(H,13,19). The molecule has 2 heterocycles. The van der Waals surface area contributed by atoms with Crippen molar-refractivity contribution in [2.45, 2.75) is 26.9 Å². The lowest BCUT2D eigenvalue weighted by molar-refractivity contribution is 0.0948. The summed E-state index contributed by atoms with van der Waals surface area (Å²) in [4.78, 5) is 11.2. The summed E-state index contributed by atoms with van der Waals surface area (Å²) in [5.41, 5.74) is 4.20. The van der Waals surface area contributed by atoms with Gasteiger partial charge in [-0.2, -0.15) is 5.10 Å². The molecule has 2 aromatic heterocycles. The van der Waals surface area contributed by atoms with Crippen LogP contribution < -0.4 is 11.3 Å². The average molecular weight is 328 g/mol. The van der Waals surface area contributed by atoms with E-state index in [0.29, 0.717) is 13.1 Å². The Hall–Kier alpha value is -1.74. The molecule has 0 fully saturated rings. The monoisotopic (exact) mass is 327 g/mol. The van der Waals surface area contributed by atoms with Crippen LogP contribution in [-0.2, 0) is 13.1 Å². The molecule has 0 saturated heterocycles. The van der Waals surface area contributed by atoms with Gasteiger partial charge in [0.25, 0.3) is 5.91 Å². The molecule has 102 valence electrons. The van der Waals surface area contributed by atoms with Crippen molar-refractivity contribution in [2.75, 3.05) is 0 Å². The summed E-state index contributed by atoms with van der Waals surface area (Å²) in [5.74, 6) is 4.56. The lowest BCUT2D eigenvalue weighted by Gasteiger charge is -2.03. The first-order chi connectivity index (χ1) is 9.02. The van der Waals surface area contributed by atoms with Crippen molar-refractivity contribution in [2.24, 2.45) is 5.84 Å². The predicted molar refractivity (Wildman–Crippen MR) is 71.1 cm³/mol. The van der Waals surface area contributed by atoms with Crippen molar-refractivity contribution < 1.29 is 4.79 Å². The normalized spacial score (nSPS) is 10.7. The quantitative estimate of drug-likeness (QED) is 0.473.